The average Bonchev–Trinajstić information content (AvgIpc) is 2.31. The van der Waals surface area contributed by atoms with Crippen LogP contribution in [0.2, 0.25) is 0 Å². The van der Waals surface area contributed by atoms with E-state index < -0.39 is 17.7 Å². The Morgan fingerprint density at radius 1 is 1.44 bits per heavy atom. The molecule has 0 aliphatic heterocycles. The maximum Gasteiger partial charge on any atom is 0.308 e. The molecule has 1 unspecified atom stereocenters. The number of carbonyl (C=O) groups excluding carboxylic acids is 1. The van der Waals surface area contributed by atoms with Crippen LogP contribution in [0.4, 0.5) is 4.39 Å². The SMILES string of the molecule is Cc1c(F)cccc1C(=O)N(C)CC(C)C(=O)O. The first-order valence-electron chi connectivity index (χ1n) is 5.58. The quantitative estimate of drug-likeness (QED) is 0.892. The maximum atomic E-state index is 13.3. The van der Waals surface area contributed by atoms with E-state index >= 15 is 0 Å². The minimum absolute atomic E-state index is 0.0874. The van der Waals surface area contributed by atoms with Crippen LogP contribution < -0.4 is 0 Å². The summed E-state index contributed by atoms with van der Waals surface area (Å²) < 4.78 is 13.3. The molecule has 0 aliphatic carbocycles. The van der Waals surface area contributed by atoms with Gasteiger partial charge in [0, 0.05) is 19.2 Å². The van der Waals surface area contributed by atoms with Crippen molar-refractivity contribution < 1.29 is 19.1 Å². The van der Waals surface area contributed by atoms with Crippen LogP contribution in [0, 0.1) is 18.7 Å². The number of hydrogen-bond donors (Lipinski definition) is 1. The largest absolute Gasteiger partial charge is 0.481 e. The minimum Gasteiger partial charge on any atom is -0.481 e. The van der Waals surface area contributed by atoms with Crippen LogP contribution in [0.1, 0.15) is 22.8 Å². The second-order valence-corrected chi connectivity index (χ2v) is 4.34. The predicted molar refractivity (Wildman–Crippen MR) is 64.9 cm³/mol. The zero-order valence-corrected chi connectivity index (χ0v) is 10.6. The Kier molecular flexibility index (Phi) is 4.42. The predicted octanol–water partition coefficient (Wildman–Crippen LogP) is 1.93. The molecule has 4 nitrogen and oxygen atoms in total. The molecule has 0 aromatic heterocycles. The number of carboxylic acid groups (broad SMARTS) is 1. The van der Waals surface area contributed by atoms with Gasteiger partial charge in [-0.25, -0.2) is 4.39 Å². The molecule has 1 aromatic rings. The fourth-order valence-electron chi connectivity index (χ4n) is 1.62. The Morgan fingerprint density at radius 2 is 2.06 bits per heavy atom. The zero-order valence-electron chi connectivity index (χ0n) is 10.6. The number of hydrogen-bond acceptors (Lipinski definition) is 2. The van der Waals surface area contributed by atoms with Crippen molar-refractivity contribution in [3.05, 3.63) is 35.1 Å². The number of aliphatic carboxylic acids is 1. The molecule has 98 valence electrons. The molecule has 1 rings (SSSR count). The van der Waals surface area contributed by atoms with Crippen LogP contribution in [-0.4, -0.2) is 35.5 Å². The summed E-state index contributed by atoms with van der Waals surface area (Å²) in [7, 11) is 1.51. The summed E-state index contributed by atoms with van der Waals surface area (Å²) in [6.07, 6.45) is 0. The van der Waals surface area contributed by atoms with E-state index in [0.29, 0.717) is 0 Å². The van der Waals surface area contributed by atoms with Gasteiger partial charge in [-0.2, -0.15) is 0 Å². The van der Waals surface area contributed by atoms with Gasteiger partial charge in [-0.15, -0.1) is 0 Å². The van der Waals surface area contributed by atoms with Gasteiger partial charge in [0.25, 0.3) is 5.91 Å². The van der Waals surface area contributed by atoms with Crippen LogP contribution in [-0.2, 0) is 4.79 Å². The fraction of sp³-hybridized carbons (Fsp3) is 0.385. The molecule has 0 heterocycles. The minimum atomic E-state index is -0.967. The molecule has 1 atom stereocenters. The summed E-state index contributed by atoms with van der Waals surface area (Å²) in [4.78, 5) is 24.1. The normalized spacial score (nSPS) is 12.0. The number of benzene rings is 1. The first kappa shape index (κ1) is 14.2. The van der Waals surface area contributed by atoms with E-state index in [0.717, 1.165) is 0 Å². The van der Waals surface area contributed by atoms with Gasteiger partial charge in [0.1, 0.15) is 5.82 Å². The van der Waals surface area contributed by atoms with Crippen molar-refractivity contribution in [1.29, 1.82) is 0 Å². The van der Waals surface area contributed by atoms with Gasteiger partial charge in [0.15, 0.2) is 0 Å². The Labute approximate surface area is 105 Å². The number of rotatable bonds is 4. The molecule has 1 aromatic carbocycles. The van der Waals surface area contributed by atoms with Gasteiger partial charge >= 0.3 is 5.97 Å². The molecule has 18 heavy (non-hydrogen) atoms. The molecular weight excluding hydrogens is 237 g/mol. The highest BCUT2D eigenvalue weighted by Gasteiger charge is 2.20. The monoisotopic (exact) mass is 253 g/mol. The number of nitrogens with zero attached hydrogens (tertiary/aromatic N) is 1. The highest BCUT2D eigenvalue weighted by atomic mass is 19.1. The summed E-state index contributed by atoms with van der Waals surface area (Å²) in [5, 5.41) is 8.78. The summed E-state index contributed by atoms with van der Waals surface area (Å²) in [6, 6.07) is 4.28. The van der Waals surface area contributed by atoms with Gasteiger partial charge in [-0.1, -0.05) is 13.0 Å². The highest BCUT2D eigenvalue weighted by molar-refractivity contribution is 5.95. The van der Waals surface area contributed by atoms with Crippen LogP contribution in [0.5, 0.6) is 0 Å². The van der Waals surface area contributed by atoms with Gasteiger partial charge in [-0.05, 0) is 24.6 Å². The molecule has 5 heteroatoms. The van der Waals surface area contributed by atoms with Crippen molar-refractivity contribution in [2.75, 3.05) is 13.6 Å². The lowest BCUT2D eigenvalue weighted by Gasteiger charge is -2.20. The van der Waals surface area contributed by atoms with Crippen molar-refractivity contribution in [2.45, 2.75) is 13.8 Å². The topological polar surface area (TPSA) is 57.6 Å². The van der Waals surface area contributed by atoms with Crippen LogP contribution in [0.15, 0.2) is 18.2 Å². The molecule has 0 spiro atoms. The van der Waals surface area contributed by atoms with Crippen molar-refractivity contribution >= 4 is 11.9 Å². The second-order valence-electron chi connectivity index (χ2n) is 4.34. The van der Waals surface area contributed by atoms with Crippen LogP contribution >= 0.6 is 0 Å². The third-order valence-electron chi connectivity index (χ3n) is 2.81. The van der Waals surface area contributed by atoms with E-state index in [1.165, 1.54) is 44.0 Å². The van der Waals surface area contributed by atoms with E-state index in [1.807, 2.05) is 0 Å². The third kappa shape index (κ3) is 3.06. The summed E-state index contributed by atoms with van der Waals surface area (Å²) >= 11 is 0. The lowest BCUT2D eigenvalue weighted by Crippen LogP contribution is -2.34. The van der Waals surface area contributed by atoms with Gasteiger partial charge in [-0.3, -0.25) is 9.59 Å². The smallest absolute Gasteiger partial charge is 0.308 e. The molecular formula is C13H16FNO3. The summed E-state index contributed by atoms with van der Waals surface area (Å²) in [5.74, 6) is -2.45. The lowest BCUT2D eigenvalue weighted by molar-refractivity contribution is -0.141. The van der Waals surface area contributed by atoms with E-state index in [1.54, 1.807) is 0 Å². The van der Waals surface area contributed by atoms with E-state index in [9.17, 15) is 14.0 Å². The Morgan fingerprint density at radius 3 is 2.61 bits per heavy atom. The summed E-state index contributed by atoms with van der Waals surface area (Å²) in [6.45, 7) is 3.13. The first-order chi connectivity index (χ1) is 8.34. The van der Waals surface area contributed by atoms with Crippen molar-refractivity contribution in [3.8, 4) is 0 Å². The molecule has 0 aliphatic rings. The molecule has 0 saturated carbocycles. The Bertz CT molecular complexity index is 473. The third-order valence-corrected chi connectivity index (χ3v) is 2.81. The number of carboxylic acids is 1. The molecule has 0 saturated heterocycles. The first-order valence-corrected chi connectivity index (χ1v) is 5.58. The van der Waals surface area contributed by atoms with E-state index in [-0.39, 0.29) is 23.6 Å². The summed E-state index contributed by atoms with van der Waals surface area (Å²) in [5.41, 5.74) is 0.535. The second kappa shape index (κ2) is 5.62. The van der Waals surface area contributed by atoms with Gasteiger partial charge in [0.2, 0.25) is 0 Å². The Balaban J connectivity index is 2.87. The molecule has 1 N–H and O–H groups in total. The van der Waals surface area contributed by atoms with Gasteiger partial charge < -0.3 is 10.0 Å². The highest BCUT2D eigenvalue weighted by Crippen LogP contribution is 2.14. The fourth-order valence-corrected chi connectivity index (χ4v) is 1.62. The molecule has 0 radical (unpaired) electrons. The lowest BCUT2D eigenvalue weighted by atomic mass is 10.1. The van der Waals surface area contributed by atoms with Crippen molar-refractivity contribution in [1.82, 2.24) is 4.90 Å². The zero-order chi connectivity index (χ0) is 13.9. The van der Waals surface area contributed by atoms with E-state index in [2.05, 4.69) is 0 Å². The maximum absolute atomic E-state index is 13.3. The molecule has 0 bridgehead atoms. The standard InChI is InChI=1S/C13H16FNO3/c1-8(13(17)18)7-15(3)12(16)10-5-4-6-11(14)9(10)2/h4-6,8H,7H2,1-3H3,(H,17,18). The van der Waals surface area contributed by atoms with Gasteiger partial charge in [0.05, 0.1) is 5.92 Å². The molecule has 0 fully saturated rings. The Hall–Kier alpha value is -1.91. The van der Waals surface area contributed by atoms with Crippen LogP contribution in [0.3, 0.4) is 0 Å². The number of carbonyl (C=O) groups is 2. The number of amides is 1. The number of halogens is 1. The van der Waals surface area contributed by atoms with E-state index in [4.69, 9.17) is 5.11 Å². The van der Waals surface area contributed by atoms with Crippen LogP contribution in [0.25, 0.3) is 0 Å². The molecule has 1 amide bonds. The van der Waals surface area contributed by atoms with Crippen molar-refractivity contribution in [3.63, 3.8) is 0 Å². The van der Waals surface area contributed by atoms with Crippen molar-refractivity contribution in [2.24, 2.45) is 5.92 Å². The average molecular weight is 253 g/mol.